The molecule has 0 saturated carbocycles. The molecule has 0 fully saturated rings. The minimum absolute atomic E-state index is 0.123. The SMILES string of the molecule is COCCN(CCC(=O)OC)C(=O)C=Cc1cc(Cl)ccc1Cl. The van der Waals surface area contributed by atoms with Gasteiger partial charge >= 0.3 is 5.97 Å². The quantitative estimate of drug-likeness (QED) is 0.528. The highest BCUT2D eigenvalue weighted by atomic mass is 35.5. The number of carbonyl (C=O) groups is 2. The van der Waals surface area contributed by atoms with Gasteiger partial charge in [0, 0.05) is 36.3 Å². The molecule has 0 bridgehead atoms. The lowest BCUT2D eigenvalue weighted by molar-refractivity contribution is -0.141. The van der Waals surface area contributed by atoms with Crippen molar-refractivity contribution in [3.63, 3.8) is 0 Å². The number of nitrogens with zero attached hydrogens (tertiary/aromatic N) is 1. The van der Waals surface area contributed by atoms with Crippen LogP contribution in [-0.4, -0.2) is 50.7 Å². The number of hydrogen-bond acceptors (Lipinski definition) is 4. The fourth-order valence-corrected chi connectivity index (χ4v) is 2.13. The van der Waals surface area contributed by atoms with Gasteiger partial charge in [-0.3, -0.25) is 9.59 Å². The molecule has 1 aromatic carbocycles. The first kappa shape index (κ1) is 19.5. The molecule has 0 atom stereocenters. The van der Waals surface area contributed by atoms with Gasteiger partial charge in [0.2, 0.25) is 5.91 Å². The van der Waals surface area contributed by atoms with Crippen molar-refractivity contribution in [1.82, 2.24) is 4.90 Å². The van der Waals surface area contributed by atoms with Crippen molar-refractivity contribution < 1.29 is 19.1 Å². The van der Waals surface area contributed by atoms with E-state index in [0.717, 1.165) is 0 Å². The maximum absolute atomic E-state index is 12.3. The molecular formula is C16H19Cl2NO4. The number of carbonyl (C=O) groups excluding carboxylic acids is 2. The summed E-state index contributed by atoms with van der Waals surface area (Å²) in [5.74, 6) is -0.621. The third kappa shape index (κ3) is 7.03. The molecule has 0 aromatic heterocycles. The highest BCUT2D eigenvalue weighted by Crippen LogP contribution is 2.21. The summed E-state index contributed by atoms with van der Waals surface area (Å²) >= 11 is 12.0. The van der Waals surface area contributed by atoms with E-state index in [0.29, 0.717) is 28.8 Å². The van der Waals surface area contributed by atoms with Crippen molar-refractivity contribution in [3.8, 4) is 0 Å². The summed E-state index contributed by atoms with van der Waals surface area (Å²) < 4.78 is 9.57. The molecule has 5 nitrogen and oxygen atoms in total. The zero-order chi connectivity index (χ0) is 17.2. The fraction of sp³-hybridized carbons (Fsp3) is 0.375. The lowest BCUT2D eigenvalue weighted by Gasteiger charge is -2.20. The lowest BCUT2D eigenvalue weighted by atomic mass is 10.2. The maximum Gasteiger partial charge on any atom is 0.307 e. The van der Waals surface area contributed by atoms with Crippen molar-refractivity contribution >= 4 is 41.2 Å². The van der Waals surface area contributed by atoms with Crippen molar-refractivity contribution in [3.05, 3.63) is 39.9 Å². The van der Waals surface area contributed by atoms with E-state index in [2.05, 4.69) is 4.74 Å². The Hall–Kier alpha value is -1.56. The summed E-state index contributed by atoms with van der Waals surface area (Å²) in [5, 5.41) is 1.03. The molecule has 1 aromatic rings. The molecule has 126 valence electrons. The highest BCUT2D eigenvalue weighted by Gasteiger charge is 2.13. The second kappa shape index (κ2) is 10.3. The Kier molecular flexibility index (Phi) is 8.69. The van der Waals surface area contributed by atoms with Gasteiger partial charge in [0.25, 0.3) is 0 Å². The van der Waals surface area contributed by atoms with Crippen LogP contribution < -0.4 is 0 Å². The molecule has 0 spiro atoms. The Labute approximate surface area is 145 Å². The Morgan fingerprint density at radius 3 is 2.61 bits per heavy atom. The summed E-state index contributed by atoms with van der Waals surface area (Å²) in [6, 6.07) is 5.00. The van der Waals surface area contributed by atoms with E-state index in [1.807, 2.05) is 0 Å². The summed E-state index contributed by atoms with van der Waals surface area (Å²) in [6.45, 7) is 1.00. The maximum atomic E-state index is 12.3. The van der Waals surface area contributed by atoms with Crippen LogP contribution in [0.15, 0.2) is 24.3 Å². The van der Waals surface area contributed by atoms with Crippen LogP contribution in [-0.2, 0) is 19.1 Å². The summed E-state index contributed by atoms with van der Waals surface area (Å²) in [4.78, 5) is 25.0. The van der Waals surface area contributed by atoms with Crippen LogP contribution in [0.25, 0.3) is 6.08 Å². The number of benzene rings is 1. The molecule has 0 heterocycles. The zero-order valence-electron chi connectivity index (χ0n) is 13.1. The van der Waals surface area contributed by atoms with Crippen LogP contribution in [0, 0.1) is 0 Å². The van der Waals surface area contributed by atoms with Crippen molar-refractivity contribution in [1.29, 1.82) is 0 Å². The van der Waals surface area contributed by atoms with Crippen LogP contribution in [0.1, 0.15) is 12.0 Å². The molecule has 0 radical (unpaired) electrons. The van der Waals surface area contributed by atoms with Crippen molar-refractivity contribution in [2.45, 2.75) is 6.42 Å². The number of esters is 1. The van der Waals surface area contributed by atoms with Crippen LogP contribution in [0.4, 0.5) is 0 Å². The standard InChI is InChI=1S/C16H19Cl2NO4/c1-22-10-9-19(8-7-16(21)23-2)15(20)6-3-12-11-13(17)4-5-14(12)18/h3-6,11H,7-10H2,1-2H3. The van der Waals surface area contributed by atoms with Gasteiger partial charge in [-0.2, -0.15) is 0 Å². The van der Waals surface area contributed by atoms with E-state index in [1.165, 1.54) is 18.1 Å². The van der Waals surface area contributed by atoms with Gasteiger partial charge in [-0.1, -0.05) is 23.2 Å². The number of hydrogen-bond donors (Lipinski definition) is 0. The predicted molar refractivity (Wildman–Crippen MR) is 90.6 cm³/mol. The van der Waals surface area contributed by atoms with Crippen LogP contribution in [0.2, 0.25) is 10.0 Å². The third-order valence-corrected chi connectivity index (χ3v) is 3.63. The smallest absolute Gasteiger partial charge is 0.307 e. The molecule has 0 aliphatic rings. The van der Waals surface area contributed by atoms with Gasteiger partial charge in [-0.15, -0.1) is 0 Å². The van der Waals surface area contributed by atoms with E-state index >= 15 is 0 Å². The minimum atomic E-state index is -0.373. The average molecular weight is 360 g/mol. The van der Waals surface area contributed by atoms with Crippen LogP contribution in [0.5, 0.6) is 0 Å². The van der Waals surface area contributed by atoms with Gasteiger partial charge in [-0.05, 0) is 29.8 Å². The fourth-order valence-electron chi connectivity index (χ4n) is 1.77. The van der Waals surface area contributed by atoms with E-state index < -0.39 is 0 Å². The summed E-state index contributed by atoms with van der Waals surface area (Å²) in [6.07, 6.45) is 3.11. The van der Waals surface area contributed by atoms with Gasteiger partial charge in [0.15, 0.2) is 0 Å². The number of methoxy groups -OCH3 is 2. The number of ether oxygens (including phenoxy) is 2. The predicted octanol–water partition coefficient (Wildman–Crippen LogP) is 3.04. The van der Waals surface area contributed by atoms with E-state index in [4.69, 9.17) is 27.9 Å². The molecule has 0 aliphatic heterocycles. The minimum Gasteiger partial charge on any atom is -0.469 e. The highest BCUT2D eigenvalue weighted by molar-refractivity contribution is 6.34. The molecule has 0 unspecified atom stereocenters. The summed E-state index contributed by atoms with van der Waals surface area (Å²) in [7, 11) is 2.86. The Morgan fingerprint density at radius 2 is 1.96 bits per heavy atom. The van der Waals surface area contributed by atoms with E-state index in [9.17, 15) is 9.59 Å². The lowest BCUT2D eigenvalue weighted by Crippen LogP contribution is -2.34. The van der Waals surface area contributed by atoms with Crippen LogP contribution in [0.3, 0.4) is 0 Å². The molecule has 7 heteroatoms. The first-order valence-electron chi connectivity index (χ1n) is 6.95. The Bertz CT molecular complexity index is 575. The Morgan fingerprint density at radius 1 is 1.22 bits per heavy atom. The monoisotopic (exact) mass is 359 g/mol. The van der Waals surface area contributed by atoms with E-state index in [1.54, 1.807) is 31.4 Å². The molecule has 1 amide bonds. The second-order valence-corrected chi connectivity index (χ2v) is 5.49. The molecule has 0 N–H and O–H groups in total. The molecule has 0 aliphatic carbocycles. The number of rotatable bonds is 8. The first-order chi connectivity index (χ1) is 11.0. The number of halogens is 2. The molecule has 1 rings (SSSR count). The van der Waals surface area contributed by atoms with Crippen molar-refractivity contribution in [2.75, 3.05) is 33.9 Å². The van der Waals surface area contributed by atoms with Gasteiger partial charge in [0.05, 0.1) is 20.1 Å². The normalized spacial score (nSPS) is 10.8. The third-order valence-electron chi connectivity index (χ3n) is 3.05. The van der Waals surface area contributed by atoms with Crippen LogP contribution >= 0.6 is 23.2 Å². The number of amides is 1. The van der Waals surface area contributed by atoms with Gasteiger partial charge in [-0.25, -0.2) is 0 Å². The topological polar surface area (TPSA) is 55.8 Å². The second-order valence-electron chi connectivity index (χ2n) is 4.64. The Balaban J connectivity index is 2.76. The molecule has 23 heavy (non-hydrogen) atoms. The largest absolute Gasteiger partial charge is 0.469 e. The zero-order valence-corrected chi connectivity index (χ0v) is 14.6. The van der Waals surface area contributed by atoms with Gasteiger partial charge in [0.1, 0.15) is 0 Å². The molecular weight excluding hydrogens is 341 g/mol. The van der Waals surface area contributed by atoms with Gasteiger partial charge < -0.3 is 14.4 Å². The average Bonchev–Trinajstić information content (AvgIpc) is 2.55. The molecule has 0 saturated heterocycles. The van der Waals surface area contributed by atoms with Crippen molar-refractivity contribution in [2.24, 2.45) is 0 Å². The van der Waals surface area contributed by atoms with E-state index in [-0.39, 0.29) is 24.8 Å². The summed E-state index contributed by atoms with van der Waals surface area (Å²) in [5.41, 5.74) is 0.646. The first-order valence-corrected chi connectivity index (χ1v) is 7.71.